The second-order valence-corrected chi connectivity index (χ2v) is 4.28. The van der Waals surface area contributed by atoms with Crippen LogP contribution in [0, 0.1) is 0 Å². The first-order valence-electron chi connectivity index (χ1n) is 6.50. The number of benzene rings is 2. The summed E-state index contributed by atoms with van der Waals surface area (Å²) in [5, 5.41) is 2.02. The van der Waals surface area contributed by atoms with E-state index in [9.17, 15) is 4.79 Å². The minimum Gasteiger partial charge on any atom is -0.494 e. The SMILES string of the molecule is CCOc1ccc2cc(OCC)c(C(C)=O)cc2c1. The van der Waals surface area contributed by atoms with Crippen LogP contribution in [0.1, 0.15) is 31.1 Å². The van der Waals surface area contributed by atoms with Crippen LogP contribution in [-0.2, 0) is 0 Å². The molecule has 0 spiro atoms. The Labute approximate surface area is 113 Å². The van der Waals surface area contributed by atoms with Crippen LogP contribution < -0.4 is 9.47 Å². The molecule has 2 aromatic rings. The molecule has 0 amide bonds. The highest BCUT2D eigenvalue weighted by atomic mass is 16.5. The molecule has 0 unspecified atom stereocenters. The number of hydrogen-bond acceptors (Lipinski definition) is 3. The number of rotatable bonds is 5. The Morgan fingerprint density at radius 2 is 1.74 bits per heavy atom. The monoisotopic (exact) mass is 258 g/mol. The number of carbonyl (C=O) groups is 1. The van der Waals surface area contributed by atoms with Crippen molar-refractivity contribution in [3.63, 3.8) is 0 Å². The molecule has 2 rings (SSSR count). The normalized spacial score (nSPS) is 10.5. The van der Waals surface area contributed by atoms with Gasteiger partial charge in [0.2, 0.25) is 0 Å². The molecule has 0 aromatic heterocycles. The van der Waals surface area contributed by atoms with Crippen LogP contribution in [0.4, 0.5) is 0 Å². The van der Waals surface area contributed by atoms with E-state index in [4.69, 9.17) is 9.47 Å². The van der Waals surface area contributed by atoms with Gasteiger partial charge in [-0.3, -0.25) is 4.79 Å². The van der Waals surface area contributed by atoms with Crippen molar-refractivity contribution in [2.75, 3.05) is 13.2 Å². The van der Waals surface area contributed by atoms with Crippen molar-refractivity contribution < 1.29 is 14.3 Å². The van der Waals surface area contributed by atoms with Gasteiger partial charge >= 0.3 is 0 Å². The zero-order valence-electron chi connectivity index (χ0n) is 11.5. The van der Waals surface area contributed by atoms with E-state index in [0.717, 1.165) is 16.5 Å². The molecule has 0 saturated carbocycles. The van der Waals surface area contributed by atoms with Crippen molar-refractivity contribution in [2.24, 2.45) is 0 Å². The maximum atomic E-state index is 11.7. The first kappa shape index (κ1) is 13.4. The van der Waals surface area contributed by atoms with Gasteiger partial charge in [0, 0.05) is 0 Å². The molecule has 100 valence electrons. The fraction of sp³-hybridized carbons (Fsp3) is 0.312. The van der Waals surface area contributed by atoms with Crippen LogP contribution in [0.5, 0.6) is 11.5 Å². The van der Waals surface area contributed by atoms with Crippen LogP contribution in [0.15, 0.2) is 30.3 Å². The minimum absolute atomic E-state index is 0.00663. The fourth-order valence-electron chi connectivity index (χ4n) is 2.06. The quantitative estimate of drug-likeness (QED) is 0.764. The van der Waals surface area contributed by atoms with E-state index >= 15 is 0 Å². The highest BCUT2D eigenvalue weighted by Crippen LogP contribution is 2.29. The van der Waals surface area contributed by atoms with E-state index in [2.05, 4.69) is 0 Å². The Bertz CT molecular complexity index is 602. The molecule has 0 bridgehead atoms. The first-order valence-corrected chi connectivity index (χ1v) is 6.50. The van der Waals surface area contributed by atoms with Gasteiger partial charge in [-0.2, -0.15) is 0 Å². The average molecular weight is 258 g/mol. The van der Waals surface area contributed by atoms with Gasteiger partial charge in [0.1, 0.15) is 11.5 Å². The van der Waals surface area contributed by atoms with Crippen LogP contribution in [0.25, 0.3) is 10.8 Å². The van der Waals surface area contributed by atoms with Crippen molar-refractivity contribution in [3.8, 4) is 11.5 Å². The standard InChI is InChI=1S/C16H18O3/c1-4-18-14-7-6-12-10-16(19-5-2)15(11(3)17)9-13(12)8-14/h6-10H,4-5H2,1-3H3. The smallest absolute Gasteiger partial charge is 0.163 e. The highest BCUT2D eigenvalue weighted by molar-refractivity contribution is 6.01. The zero-order valence-corrected chi connectivity index (χ0v) is 11.5. The molecular formula is C16H18O3. The summed E-state index contributed by atoms with van der Waals surface area (Å²) < 4.78 is 11.0. The third kappa shape index (κ3) is 2.87. The predicted molar refractivity (Wildman–Crippen MR) is 76.3 cm³/mol. The third-order valence-electron chi connectivity index (χ3n) is 2.90. The van der Waals surface area contributed by atoms with E-state index < -0.39 is 0 Å². The summed E-state index contributed by atoms with van der Waals surface area (Å²) in [6, 6.07) is 9.62. The number of fused-ring (bicyclic) bond motifs is 1. The van der Waals surface area contributed by atoms with E-state index in [1.807, 2.05) is 44.2 Å². The van der Waals surface area contributed by atoms with Gasteiger partial charge in [0.25, 0.3) is 0 Å². The van der Waals surface area contributed by atoms with Gasteiger partial charge in [0.15, 0.2) is 5.78 Å². The summed E-state index contributed by atoms with van der Waals surface area (Å²) in [6.45, 7) is 6.58. The van der Waals surface area contributed by atoms with Crippen molar-refractivity contribution in [3.05, 3.63) is 35.9 Å². The van der Waals surface area contributed by atoms with E-state index in [0.29, 0.717) is 24.5 Å². The molecular weight excluding hydrogens is 240 g/mol. The molecule has 0 aliphatic carbocycles. The van der Waals surface area contributed by atoms with Crippen LogP contribution in [-0.4, -0.2) is 19.0 Å². The van der Waals surface area contributed by atoms with Crippen LogP contribution >= 0.6 is 0 Å². The number of hydrogen-bond donors (Lipinski definition) is 0. The molecule has 0 fully saturated rings. The molecule has 0 saturated heterocycles. The summed E-state index contributed by atoms with van der Waals surface area (Å²) in [7, 11) is 0. The molecule has 0 aliphatic heterocycles. The summed E-state index contributed by atoms with van der Waals surface area (Å²) in [6.07, 6.45) is 0. The molecule has 0 aliphatic rings. The predicted octanol–water partition coefficient (Wildman–Crippen LogP) is 3.84. The van der Waals surface area contributed by atoms with E-state index in [1.165, 1.54) is 0 Å². The van der Waals surface area contributed by atoms with Crippen molar-refractivity contribution in [1.29, 1.82) is 0 Å². The summed E-state index contributed by atoms with van der Waals surface area (Å²) in [4.78, 5) is 11.7. The Morgan fingerprint density at radius 3 is 2.37 bits per heavy atom. The number of ketones is 1. The lowest BCUT2D eigenvalue weighted by molar-refractivity contribution is 0.101. The third-order valence-corrected chi connectivity index (χ3v) is 2.90. The summed E-state index contributed by atoms with van der Waals surface area (Å²) in [5.74, 6) is 1.47. The Kier molecular flexibility index (Phi) is 4.05. The number of ether oxygens (including phenoxy) is 2. The summed E-state index contributed by atoms with van der Waals surface area (Å²) >= 11 is 0. The topological polar surface area (TPSA) is 35.5 Å². The Morgan fingerprint density at radius 1 is 1.00 bits per heavy atom. The second kappa shape index (κ2) is 5.74. The van der Waals surface area contributed by atoms with Crippen molar-refractivity contribution in [2.45, 2.75) is 20.8 Å². The maximum Gasteiger partial charge on any atom is 0.163 e. The van der Waals surface area contributed by atoms with Gasteiger partial charge in [-0.05, 0) is 55.8 Å². The van der Waals surface area contributed by atoms with Gasteiger partial charge in [-0.25, -0.2) is 0 Å². The zero-order chi connectivity index (χ0) is 13.8. The number of carbonyl (C=O) groups excluding carboxylic acids is 1. The van der Waals surface area contributed by atoms with Gasteiger partial charge in [-0.1, -0.05) is 6.07 Å². The Hall–Kier alpha value is -2.03. The van der Waals surface area contributed by atoms with E-state index in [1.54, 1.807) is 6.92 Å². The molecule has 0 radical (unpaired) electrons. The average Bonchev–Trinajstić information content (AvgIpc) is 2.38. The van der Waals surface area contributed by atoms with E-state index in [-0.39, 0.29) is 5.78 Å². The highest BCUT2D eigenvalue weighted by Gasteiger charge is 2.10. The second-order valence-electron chi connectivity index (χ2n) is 4.28. The van der Waals surface area contributed by atoms with Crippen LogP contribution in [0.3, 0.4) is 0 Å². The van der Waals surface area contributed by atoms with Crippen molar-refractivity contribution >= 4 is 16.6 Å². The van der Waals surface area contributed by atoms with Crippen LogP contribution in [0.2, 0.25) is 0 Å². The molecule has 0 atom stereocenters. The molecule has 3 heteroatoms. The largest absolute Gasteiger partial charge is 0.494 e. The lowest BCUT2D eigenvalue weighted by Gasteiger charge is -2.11. The first-order chi connectivity index (χ1) is 9.15. The minimum atomic E-state index is 0.00663. The maximum absolute atomic E-state index is 11.7. The molecule has 3 nitrogen and oxygen atoms in total. The molecule has 0 heterocycles. The Balaban J connectivity index is 2.56. The molecule has 19 heavy (non-hydrogen) atoms. The van der Waals surface area contributed by atoms with Gasteiger partial charge in [0.05, 0.1) is 18.8 Å². The van der Waals surface area contributed by atoms with Crippen molar-refractivity contribution in [1.82, 2.24) is 0 Å². The lowest BCUT2D eigenvalue weighted by atomic mass is 10.0. The molecule has 0 N–H and O–H groups in total. The lowest BCUT2D eigenvalue weighted by Crippen LogP contribution is -2.01. The summed E-state index contributed by atoms with van der Waals surface area (Å²) in [5.41, 5.74) is 0.614. The molecule has 2 aromatic carbocycles. The van der Waals surface area contributed by atoms with Gasteiger partial charge in [-0.15, -0.1) is 0 Å². The fourth-order valence-corrected chi connectivity index (χ4v) is 2.06. The van der Waals surface area contributed by atoms with Gasteiger partial charge < -0.3 is 9.47 Å². The number of Topliss-reactive ketones (excluding diaryl/α,β-unsaturated/α-hetero) is 1.